The molecular weight excluding hydrogens is 1200 g/mol. The zero-order valence-electron chi connectivity index (χ0n) is 59.0. The molecule has 0 spiro atoms. The highest BCUT2D eigenvalue weighted by molar-refractivity contribution is 7.47. The van der Waals surface area contributed by atoms with Gasteiger partial charge in [-0.25, -0.2) is 9.13 Å². The van der Waals surface area contributed by atoms with Crippen molar-refractivity contribution in [2.75, 3.05) is 39.6 Å². The van der Waals surface area contributed by atoms with Crippen LogP contribution in [-0.2, 0) is 65.4 Å². The zero-order valence-corrected chi connectivity index (χ0v) is 60.8. The highest BCUT2D eigenvalue weighted by Gasteiger charge is 2.30. The number of hydrogen-bond donors (Lipinski definition) is 3. The van der Waals surface area contributed by atoms with Crippen LogP contribution in [0.25, 0.3) is 0 Å². The molecule has 0 aromatic carbocycles. The molecule has 0 saturated carbocycles. The maximum Gasteiger partial charge on any atom is 0.472 e. The number of hydrogen-bond acceptors (Lipinski definition) is 15. The number of carbonyl (C=O) groups is 4. The van der Waals surface area contributed by atoms with E-state index in [2.05, 4.69) is 34.6 Å². The van der Waals surface area contributed by atoms with E-state index in [1.165, 1.54) is 193 Å². The lowest BCUT2D eigenvalue weighted by molar-refractivity contribution is -0.161. The van der Waals surface area contributed by atoms with E-state index in [9.17, 15) is 43.2 Å². The number of aliphatic hydroxyl groups is 1. The van der Waals surface area contributed by atoms with Crippen LogP contribution in [0, 0.1) is 5.92 Å². The van der Waals surface area contributed by atoms with Gasteiger partial charge < -0.3 is 33.8 Å². The fourth-order valence-corrected chi connectivity index (χ4v) is 12.6. The van der Waals surface area contributed by atoms with E-state index in [1.54, 1.807) is 0 Å². The van der Waals surface area contributed by atoms with Gasteiger partial charge in [-0.05, 0) is 31.6 Å². The van der Waals surface area contributed by atoms with Crippen LogP contribution in [0.5, 0.6) is 0 Å². The standard InChI is InChI=1S/C72H140O17P2/c1-6-9-12-15-17-19-21-23-25-26-27-28-29-31-33-38-42-47-52-57-72(77)89-68(62-83-70(75)56-51-46-41-37-32-30-24-22-20-18-16-13-10-7-2)64-87-91(80,81)85-60-66(73)59-84-90(78,79)86-63-67(61-82-69(74)55-50-44-14-11-8-3)88-71(76)58-53-48-43-39-35-34-36-40-45-49-54-65(4)5/h65-68,73H,6-64H2,1-5H3,(H,78,79)(H,80,81)/t66-,67+,68+/m0/s1. The summed E-state index contributed by atoms with van der Waals surface area (Å²) >= 11 is 0. The molecule has 0 aromatic rings. The van der Waals surface area contributed by atoms with Crippen LogP contribution < -0.4 is 0 Å². The van der Waals surface area contributed by atoms with Gasteiger partial charge in [0.25, 0.3) is 0 Å². The lowest BCUT2D eigenvalue weighted by atomic mass is 10.0. The molecule has 0 fully saturated rings. The maximum absolute atomic E-state index is 13.0. The van der Waals surface area contributed by atoms with E-state index in [4.69, 9.17) is 37.0 Å². The topological polar surface area (TPSA) is 237 Å². The summed E-state index contributed by atoms with van der Waals surface area (Å²) in [5.41, 5.74) is 0. The molecule has 0 aliphatic heterocycles. The number of aliphatic hydroxyl groups excluding tert-OH is 1. The monoisotopic (exact) mass is 1340 g/mol. The average molecular weight is 1340 g/mol. The normalized spacial score (nSPS) is 14.0. The van der Waals surface area contributed by atoms with Gasteiger partial charge in [-0.3, -0.25) is 37.3 Å². The number of carbonyl (C=O) groups excluding carboxylic acids is 4. The molecule has 0 saturated heterocycles. The molecule has 0 aliphatic carbocycles. The molecule has 5 atom stereocenters. The number of unbranched alkanes of at least 4 members (excludes halogenated alkanes) is 44. The van der Waals surface area contributed by atoms with Crippen molar-refractivity contribution in [3.05, 3.63) is 0 Å². The van der Waals surface area contributed by atoms with Gasteiger partial charge in [0.1, 0.15) is 19.3 Å². The van der Waals surface area contributed by atoms with Crippen molar-refractivity contribution in [3.8, 4) is 0 Å². The summed E-state index contributed by atoms with van der Waals surface area (Å²) in [6, 6.07) is 0. The predicted octanol–water partition coefficient (Wildman–Crippen LogP) is 20.9. The lowest BCUT2D eigenvalue weighted by Crippen LogP contribution is -2.30. The molecule has 540 valence electrons. The summed E-state index contributed by atoms with van der Waals surface area (Å²) in [4.78, 5) is 72.4. The SMILES string of the molecule is CCCCCCCCCCCCCCCCCCCCCC(=O)O[C@H](COC(=O)CCCCCCCCCCCCCCCC)COP(=O)(O)OC[C@@H](O)COP(=O)(O)OC[C@@H](COC(=O)CCCCCCC)OC(=O)CCCCCCCCCCCCC(C)C. The van der Waals surface area contributed by atoms with Crippen molar-refractivity contribution in [2.45, 2.75) is 393 Å². The number of phosphoric acid groups is 2. The molecule has 0 bridgehead atoms. The Morgan fingerprint density at radius 3 is 0.747 bits per heavy atom. The fourth-order valence-electron chi connectivity index (χ4n) is 11.0. The first-order valence-corrected chi connectivity index (χ1v) is 40.6. The highest BCUT2D eigenvalue weighted by atomic mass is 31.2. The molecule has 0 radical (unpaired) electrons. The Kier molecular flexibility index (Phi) is 64.0. The minimum atomic E-state index is -4.95. The number of rotatable bonds is 72. The van der Waals surface area contributed by atoms with E-state index >= 15 is 0 Å². The van der Waals surface area contributed by atoms with Crippen LogP contribution >= 0.6 is 15.6 Å². The van der Waals surface area contributed by atoms with Crippen molar-refractivity contribution < 1.29 is 80.2 Å². The molecule has 17 nitrogen and oxygen atoms in total. The van der Waals surface area contributed by atoms with Gasteiger partial charge in [0.15, 0.2) is 12.2 Å². The lowest BCUT2D eigenvalue weighted by Gasteiger charge is -2.21. The molecule has 3 N–H and O–H groups in total. The quantitative estimate of drug-likeness (QED) is 0.0222. The molecule has 2 unspecified atom stereocenters. The van der Waals surface area contributed by atoms with Gasteiger partial charge in [-0.2, -0.15) is 0 Å². The van der Waals surface area contributed by atoms with E-state index < -0.39 is 97.5 Å². The van der Waals surface area contributed by atoms with Crippen LogP contribution in [0.15, 0.2) is 0 Å². The summed E-state index contributed by atoms with van der Waals surface area (Å²) in [6.45, 7) is 7.17. The van der Waals surface area contributed by atoms with Crippen molar-refractivity contribution in [1.29, 1.82) is 0 Å². The second-order valence-electron chi connectivity index (χ2n) is 26.5. The van der Waals surface area contributed by atoms with Crippen molar-refractivity contribution in [3.63, 3.8) is 0 Å². The van der Waals surface area contributed by atoms with Gasteiger partial charge in [-0.15, -0.1) is 0 Å². The number of esters is 4. The Balaban J connectivity index is 5.14. The minimum Gasteiger partial charge on any atom is -0.462 e. The van der Waals surface area contributed by atoms with E-state index in [0.29, 0.717) is 25.7 Å². The molecule has 0 aromatic heterocycles. The first-order valence-electron chi connectivity index (χ1n) is 37.6. The van der Waals surface area contributed by atoms with Gasteiger partial charge in [0.2, 0.25) is 0 Å². The van der Waals surface area contributed by atoms with Crippen LogP contribution in [0.4, 0.5) is 0 Å². The third-order valence-electron chi connectivity index (χ3n) is 16.8. The molecule has 19 heteroatoms. The summed E-state index contributed by atoms with van der Waals surface area (Å²) < 4.78 is 68.2. The summed E-state index contributed by atoms with van der Waals surface area (Å²) in [6.07, 6.45) is 53.1. The third kappa shape index (κ3) is 66.5. The third-order valence-corrected chi connectivity index (χ3v) is 18.7. The Hall–Kier alpha value is -1.94. The first kappa shape index (κ1) is 89.1. The molecule has 0 heterocycles. The van der Waals surface area contributed by atoms with Gasteiger partial charge in [0, 0.05) is 25.7 Å². The van der Waals surface area contributed by atoms with Gasteiger partial charge in [-0.1, -0.05) is 324 Å². The number of ether oxygens (including phenoxy) is 4. The van der Waals surface area contributed by atoms with Crippen LogP contribution in [0.1, 0.15) is 375 Å². The maximum atomic E-state index is 13.0. The molecular formula is C72H140O17P2. The molecule has 91 heavy (non-hydrogen) atoms. The zero-order chi connectivity index (χ0) is 67.0. The Morgan fingerprint density at radius 1 is 0.297 bits per heavy atom. The molecule has 0 amide bonds. The van der Waals surface area contributed by atoms with E-state index in [0.717, 1.165) is 102 Å². The minimum absolute atomic E-state index is 0.105. The Morgan fingerprint density at radius 2 is 0.505 bits per heavy atom. The average Bonchev–Trinajstić information content (AvgIpc) is 2.91. The fraction of sp³-hybridized carbons (Fsp3) is 0.944. The highest BCUT2D eigenvalue weighted by Crippen LogP contribution is 2.45. The van der Waals surface area contributed by atoms with E-state index in [-0.39, 0.29) is 25.7 Å². The van der Waals surface area contributed by atoms with Crippen LogP contribution in [0.3, 0.4) is 0 Å². The van der Waals surface area contributed by atoms with Crippen molar-refractivity contribution >= 4 is 39.5 Å². The summed E-state index contributed by atoms with van der Waals surface area (Å²) in [7, 11) is -9.89. The molecule has 0 rings (SSSR count). The van der Waals surface area contributed by atoms with Crippen molar-refractivity contribution in [1.82, 2.24) is 0 Å². The van der Waals surface area contributed by atoms with Gasteiger partial charge >= 0.3 is 39.5 Å². The summed E-state index contributed by atoms with van der Waals surface area (Å²) in [5, 5.41) is 10.6. The predicted molar refractivity (Wildman–Crippen MR) is 368 cm³/mol. The number of phosphoric ester groups is 2. The smallest absolute Gasteiger partial charge is 0.462 e. The Bertz CT molecular complexity index is 1750. The second kappa shape index (κ2) is 65.4. The Labute approximate surface area is 556 Å². The van der Waals surface area contributed by atoms with Crippen LogP contribution in [-0.4, -0.2) is 96.7 Å². The molecule has 0 aliphatic rings. The first-order chi connectivity index (χ1) is 44.0. The van der Waals surface area contributed by atoms with Crippen molar-refractivity contribution in [2.24, 2.45) is 5.92 Å². The summed E-state index contributed by atoms with van der Waals surface area (Å²) in [5.74, 6) is -1.38. The van der Waals surface area contributed by atoms with Gasteiger partial charge in [0.05, 0.1) is 26.4 Å². The van der Waals surface area contributed by atoms with E-state index in [1.807, 2.05) is 0 Å². The largest absolute Gasteiger partial charge is 0.472 e. The second-order valence-corrected chi connectivity index (χ2v) is 29.4. The van der Waals surface area contributed by atoms with Crippen LogP contribution in [0.2, 0.25) is 0 Å².